The Kier molecular flexibility index (Phi) is 1.86. The van der Waals surface area contributed by atoms with Crippen molar-refractivity contribution in [2.75, 3.05) is 11.6 Å². The number of anilines is 1. The number of aromatic nitrogens is 3. The van der Waals surface area contributed by atoms with Gasteiger partial charge in [0.05, 0.1) is 0 Å². The summed E-state index contributed by atoms with van der Waals surface area (Å²) in [7, 11) is 0. The molecule has 1 aromatic carbocycles. The van der Waals surface area contributed by atoms with E-state index < -0.39 is 0 Å². The van der Waals surface area contributed by atoms with Crippen molar-refractivity contribution in [3.8, 4) is 22.9 Å². The third-order valence-corrected chi connectivity index (χ3v) is 1.97. The van der Waals surface area contributed by atoms with Crippen LogP contribution >= 0.6 is 0 Å². The van der Waals surface area contributed by atoms with Gasteiger partial charge in [-0.25, -0.2) is 4.68 Å². The summed E-state index contributed by atoms with van der Waals surface area (Å²) < 4.78 is 0.981. The number of nitrogens with zero attached hydrogens (tertiary/aromatic N) is 3. The maximum Gasteiger partial charge on any atom is 0.241 e. The minimum absolute atomic E-state index is 0.00680. The number of hydrogen-bond acceptors (Lipinski definition) is 6. The Morgan fingerprint density at radius 1 is 1.13 bits per heavy atom. The van der Waals surface area contributed by atoms with Gasteiger partial charge >= 0.3 is 0 Å². The van der Waals surface area contributed by atoms with Crippen LogP contribution in [0.4, 0.5) is 5.95 Å². The molecule has 7 nitrogen and oxygen atoms in total. The highest BCUT2D eigenvalue weighted by molar-refractivity contribution is 5.71. The van der Waals surface area contributed by atoms with Crippen LogP contribution in [0.15, 0.2) is 18.2 Å². The maximum atomic E-state index is 9.54. The number of phenolic OH excluding ortho intramolecular Hbond substituents is 2. The van der Waals surface area contributed by atoms with E-state index in [-0.39, 0.29) is 28.8 Å². The average molecular weight is 207 g/mol. The van der Waals surface area contributed by atoms with Crippen LogP contribution < -0.4 is 11.6 Å². The molecule has 2 rings (SSSR count). The van der Waals surface area contributed by atoms with Crippen molar-refractivity contribution < 1.29 is 10.2 Å². The Hall–Kier alpha value is -2.44. The second-order valence-electron chi connectivity index (χ2n) is 2.92. The topological polar surface area (TPSA) is 123 Å². The zero-order chi connectivity index (χ0) is 11.0. The van der Waals surface area contributed by atoms with Crippen molar-refractivity contribution in [2.24, 2.45) is 0 Å². The molecule has 78 valence electrons. The summed E-state index contributed by atoms with van der Waals surface area (Å²) in [6.45, 7) is 0. The Balaban J connectivity index is 2.69. The molecule has 0 aliphatic heterocycles. The van der Waals surface area contributed by atoms with E-state index in [0.29, 0.717) is 0 Å². The Morgan fingerprint density at radius 2 is 1.73 bits per heavy atom. The number of rotatable bonds is 1. The monoisotopic (exact) mass is 207 g/mol. The molecule has 6 N–H and O–H groups in total. The molecule has 0 radical (unpaired) electrons. The second kappa shape index (κ2) is 3.05. The molecular formula is C8H9N5O2. The Labute approximate surface area is 84.6 Å². The van der Waals surface area contributed by atoms with Gasteiger partial charge in [0.1, 0.15) is 17.1 Å². The standard InChI is InChI=1S/C8H9N5O2/c9-8-12-11-7(13(8)10)6-4(14)2-1-3-5(6)15/h1-3,14-15H,10H2,(H2,9,12). The van der Waals surface area contributed by atoms with E-state index in [1.54, 1.807) is 0 Å². The fourth-order valence-corrected chi connectivity index (χ4v) is 1.23. The maximum absolute atomic E-state index is 9.54. The highest BCUT2D eigenvalue weighted by Crippen LogP contribution is 2.35. The quantitative estimate of drug-likeness (QED) is 0.474. The number of nitrogen functional groups attached to an aromatic ring is 2. The van der Waals surface area contributed by atoms with E-state index in [1.165, 1.54) is 18.2 Å². The van der Waals surface area contributed by atoms with Gasteiger partial charge in [0, 0.05) is 0 Å². The molecule has 0 bridgehead atoms. The van der Waals surface area contributed by atoms with Gasteiger partial charge in [0.25, 0.3) is 0 Å². The second-order valence-corrected chi connectivity index (χ2v) is 2.92. The lowest BCUT2D eigenvalue weighted by Gasteiger charge is -2.05. The van der Waals surface area contributed by atoms with Crippen LogP contribution in [-0.2, 0) is 0 Å². The molecule has 0 fully saturated rings. The molecule has 1 aromatic heterocycles. The van der Waals surface area contributed by atoms with Crippen molar-refractivity contribution in [1.29, 1.82) is 0 Å². The SMILES string of the molecule is Nc1nnc(-c2c(O)cccc2O)n1N. The predicted octanol–water partition coefficient (Wildman–Crippen LogP) is -0.348. The van der Waals surface area contributed by atoms with Gasteiger partial charge < -0.3 is 21.8 Å². The number of nitrogens with two attached hydrogens (primary N) is 2. The van der Waals surface area contributed by atoms with Crippen LogP contribution in [0.2, 0.25) is 0 Å². The molecule has 15 heavy (non-hydrogen) atoms. The van der Waals surface area contributed by atoms with E-state index in [2.05, 4.69) is 10.2 Å². The summed E-state index contributed by atoms with van der Waals surface area (Å²) in [6, 6.07) is 4.30. The van der Waals surface area contributed by atoms with Gasteiger partial charge in [-0.05, 0) is 12.1 Å². The van der Waals surface area contributed by atoms with Crippen molar-refractivity contribution in [3.63, 3.8) is 0 Å². The minimum atomic E-state index is -0.144. The third kappa shape index (κ3) is 1.30. The van der Waals surface area contributed by atoms with Crippen molar-refractivity contribution in [2.45, 2.75) is 0 Å². The molecule has 0 aliphatic rings. The van der Waals surface area contributed by atoms with Gasteiger partial charge in [0.2, 0.25) is 5.95 Å². The van der Waals surface area contributed by atoms with Gasteiger partial charge in [0.15, 0.2) is 5.82 Å². The van der Waals surface area contributed by atoms with Crippen molar-refractivity contribution >= 4 is 5.95 Å². The fourth-order valence-electron chi connectivity index (χ4n) is 1.23. The van der Waals surface area contributed by atoms with Gasteiger partial charge in [-0.15, -0.1) is 10.2 Å². The number of aromatic hydroxyl groups is 2. The fraction of sp³-hybridized carbons (Fsp3) is 0. The van der Waals surface area contributed by atoms with E-state index >= 15 is 0 Å². The largest absolute Gasteiger partial charge is 0.507 e. The van der Waals surface area contributed by atoms with Crippen LogP contribution in [0, 0.1) is 0 Å². The first kappa shape index (κ1) is 9.13. The van der Waals surface area contributed by atoms with Crippen LogP contribution in [0.25, 0.3) is 11.4 Å². The van der Waals surface area contributed by atoms with E-state index in [1.807, 2.05) is 0 Å². The highest BCUT2D eigenvalue weighted by Gasteiger charge is 2.16. The van der Waals surface area contributed by atoms with Gasteiger partial charge in [-0.1, -0.05) is 6.07 Å². The molecule has 0 aliphatic carbocycles. The molecular weight excluding hydrogens is 198 g/mol. The summed E-state index contributed by atoms with van der Waals surface area (Å²) in [6.07, 6.45) is 0. The molecule has 7 heteroatoms. The number of hydrogen-bond donors (Lipinski definition) is 4. The number of phenols is 2. The summed E-state index contributed by atoms with van der Waals surface area (Å²) in [5.41, 5.74) is 5.48. The minimum Gasteiger partial charge on any atom is -0.507 e. The normalized spacial score (nSPS) is 10.4. The molecule has 0 unspecified atom stereocenters. The highest BCUT2D eigenvalue weighted by atomic mass is 16.3. The van der Waals surface area contributed by atoms with Crippen LogP contribution in [0.1, 0.15) is 0 Å². The number of benzene rings is 1. The lowest BCUT2D eigenvalue weighted by atomic mass is 10.1. The first-order valence-electron chi connectivity index (χ1n) is 4.08. The van der Waals surface area contributed by atoms with Gasteiger partial charge in [-0.3, -0.25) is 0 Å². The summed E-state index contributed by atoms with van der Waals surface area (Å²) in [4.78, 5) is 0. The van der Waals surface area contributed by atoms with Crippen LogP contribution in [-0.4, -0.2) is 25.1 Å². The Bertz CT molecular complexity index is 487. The molecule has 0 atom stereocenters. The van der Waals surface area contributed by atoms with Crippen LogP contribution in [0.3, 0.4) is 0 Å². The zero-order valence-electron chi connectivity index (χ0n) is 7.62. The van der Waals surface area contributed by atoms with E-state index in [4.69, 9.17) is 11.6 Å². The Morgan fingerprint density at radius 3 is 2.20 bits per heavy atom. The zero-order valence-corrected chi connectivity index (χ0v) is 7.62. The molecule has 0 saturated heterocycles. The predicted molar refractivity (Wildman–Crippen MR) is 53.4 cm³/mol. The van der Waals surface area contributed by atoms with Crippen LogP contribution in [0.5, 0.6) is 11.5 Å². The molecule has 2 aromatic rings. The molecule has 1 heterocycles. The summed E-state index contributed by atoms with van der Waals surface area (Å²) >= 11 is 0. The summed E-state index contributed by atoms with van der Waals surface area (Å²) in [5.74, 6) is 5.32. The average Bonchev–Trinajstić information content (AvgIpc) is 2.49. The third-order valence-electron chi connectivity index (χ3n) is 1.97. The molecule has 0 amide bonds. The lowest BCUT2D eigenvalue weighted by molar-refractivity contribution is 0.453. The van der Waals surface area contributed by atoms with Gasteiger partial charge in [-0.2, -0.15) is 0 Å². The first-order chi connectivity index (χ1) is 7.11. The first-order valence-corrected chi connectivity index (χ1v) is 4.08. The molecule has 0 saturated carbocycles. The lowest BCUT2D eigenvalue weighted by Crippen LogP contribution is -2.13. The smallest absolute Gasteiger partial charge is 0.241 e. The molecule has 0 spiro atoms. The van der Waals surface area contributed by atoms with E-state index in [9.17, 15) is 10.2 Å². The summed E-state index contributed by atoms with van der Waals surface area (Å²) in [5, 5.41) is 26.3. The van der Waals surface area contributed by atoms with Crippen molar-refractivity contribution in [3.05, 3.63) is 18.2 Å². The van der Waals surface area contributed by atoms with Crippen molar-refractivity contribution in [1.82, 2.24) is 14.9 Å². The van der Waals surface area contributed by atoms with E-state index in [0.717, 1.165) is 4.68 Å².